The van der Waals surface area contributed by atoms with Gasteiger partial charge in [-0.15, -0.1) is 12.4 Å². The van der Waals surface area contributed by atoms with Crippen LogP contribution in [-0.4, -0.2) is 21.5 Å². The maximum Gasteiger partial charge on any atom is 0.220 e. The third-order valence-corrected chi connectivity index (χ3v) is 2.59. The summed E-state index contributed by atoms with van der Waals surface area (Å²) in [6, 6.07) is -0.176. The fourth-order valence-electron chi connectivity index (χ4n) is 1.75. The third-order valence-electron chi connectivity index (χ3n) is 2.59. The first-order valence-electron chi connectivity index (χ1n) is 4.70. The number of halogens is 1. The van der Waals surface area contributed by atoms with Crippen molar-refractivity contribution in [3.05, 3.63) is 18.2 Å². The molecule has 0 radical (unpaired) electrons. The SMILES string of the molecule is Cl.Cn1ccnc1[C@@H]1NC(=O)CC[C@H]1N. The Morgan fingerprint density at radius 1 is 1.67 bits per heavy atom. The standard InChI is InChI=1S/C9H14N4O.ClH/c1-13-5-4-11-9(13)8-6(10)2-3-7(14)12-8;/h4-6,8H,2-3,10H2,1H3,(H,12,14);1H/t6-,8-;/m1./s1. The molecule has 0 aromatic carbocycles. The van der Waals surface area contributed by atoms with Gasteiger partial charge in [-0.3, -0.25) is 4.79 Å². The minimum Gasteiger partial charge on any atom is -0.345 e. The van der Waals surface area contributed by atoms with Crippen molar-refractivity contribution >= 4 is 18.3 Å². The quantitative estimate of drug-likeness (QED) is 0.720. The Kier molecular flexibility index (Phi) is 3.71. The molecule has 0 saturated carbocycles. The molecular formula is C9H15ClN4O. The highest BCUT2D eigenvalue weighted by molar-refractivity contribution is 5.85. The molecule has 2 heterocycles. The largest absolute Gasteiger partial charge is 0.345 e. The van der Waals surface area contributed by atoms with E-state index < -0.39 is 0 Å². The highest BCUT2D eigenvalue weighted by Crippen LogP contribution is 2.20. The van der Waals surface area contributed by atoms with Crippen LogP contribution >= 0.6 is 12.4 Å². The number of aryl methyl sites for hydroxylation is 1. The number of nitrogens with two attached hydrogens (primary N) is 1. The number of aromatic nitrogens is 2. The summed E-state index contributed by atoms with van der Waals surface area (Å²) in [6.07, 6.45) is 4.80. The molecule has 1 aliphatic heterocycles. The van der Waals surface area contributed by atoms with Gasteiger partial charge < -0.3 is 15.6 Å². The number of piperidine rings is 1. The van der Waals surface area contributed by atoms with Gasteiger partial charge in [0.25, 0.3) is 0 Å². The lowest BCUT2D eigenvalue weighted by Gasteiger charge is -2.28. The summed E-state index contributed by atoms with van der Waals surface area (Å²) < 4.78 is 1.89. The molecule has 1 fully saturated rings. The van der Waals surface area contributed by atoms with E-state index in [0.717, 1.165) is 12.2 Å². The number of rotatable bonds is 1. The van der Waals surface area contributed by atoms with Crippen LogP contribution in [0.1, 0.15) is 24.7 Å². The molecular weight excluding hydrogens is 216 g/mol. The van der Waals surface area contributed by atoms with Crippen molar-refractivity contribution in [1.29, 1.82) is 0 Å². The molecule has 2 rings (SSSR count). The molecule has 2 atom stereocenters. The van der Waals surface area contributed by atoms with Crippen molar-refractivity contribution in [2.24, 2.45) is 12.8 Å². The monoisotopic (exact) mass is 230 g/mol. The van der Waals surface area contributed by atoms with Gasteiger partial charge in [0, 0.05) is 31.9 Å². The number of carbonyl (C=O) groups is 1. The molecule has 5 nitrogen and oxygen atoms in total. The summed E-state index contributed by atoms with van der Waals surface area (Å²) >= 11 is 0. The Balaban J connectivity index is 0.00000112. The lowest BCUT2D eigenvalue weighted by molar-refractivity contribution is -0.123. The van der Waals surface area contributed by atoms with Crippen molar-refractivity contribution in [3.8, 4) is 0 Å². The van der Waals surface area contributed by atoms with Crippen LogP contribution in [0, 0.1) is 0 Å². The van der Waals surface area contributed by atoms with E-state index in [4.69, 9.17) is 5.73 Å². The maximum atomic E-state index is 11.2. The first kappa shape index (κ1) is 12.0. The molecule has 84 valence electrons. The van der Waals surface area contributed by atoms with E-state index in [2.05, 4.69) is 10.3 Å². The molecule has 15 heavy (non-hydrogen) atoms. The second-order valence-corrected chi connectivity index (χ2v) is 3.64. The van der Waals surface area contributed by atoms with Crippen LogP contribution in [-0.2, 0) is 11.8 Å². The van der Waals surface area contributed by atoms with Crippen LogP contribution in [0.5, 0.6) is 0 Å². The van der Waals surface area contributed by atoms with Gasteiger partial charge in [0.15, 0.2) is 0 Å². The van der Waals surface area contributed by atoms with E-state index >= 15 is 0 Å². The Labute approximate surface area is 94.5 Å². The smallest absolute Gasteiger partial charge is 0.220 e. The summed E-state index contributed by atoms with van der Waals surface area (Å²) in [5.74, 6) is 0.880. The van der Waals surface area contributed by atoms with Gasteiger partial charge in [-0.1, -0.05) is 0 Å². The van der Waals surface area contributed by atoms with Crippen molar-refractivity contribution in [2.75, 3.05) is 0 Å². The molecule has 0 aliphatic carbocycles. The molecule has 0 unspecified atom stereocenters. The van der Waals surface area contributed by atoms with E-state index in [1.54, 1.807) is 6.20 Å². The zero-order valence-corrected chi connectivity index (χ0v) is 9.33. The minimum absolute atomic E-state index is 0. The molecule has 1 aliphatic rings. The first-order valence-corrected chi connectivity index (χ1v) is 4.70. The highest BCUT2D eigenvalue weighted by atomic mass is 35.5. The van der Waals surface area contributed by atoms with Gasteiger partial charge in [-0.05, 0) is 6.42 Å². The molecule has 1 aromatic heterocycles. The first-order chi connectivity index (χ1) is 6.68. The van der Waals surface area contributed by atoms with Crippen LogP contribution in [0.4, 0.5) is 0 Å². The lowest BCUT2D eigenvalue weighted by atomic mass is 9.98. The fraction of sp³-hybridized carbons (Fsp3) is 0.556. The number of nitrogens with zero attached hydrogens (tertiary/aromatic N) is 2. The number of imidazole rings is 1. The topological polar surface area (TPSA) is 72.9 Å². The van der Waals surface area contributed by atoms with Gasteiger partial charge >= 0.3 is 0 Å². The van der Waals surface area contributed by atoms with Crippen LogP contribution in [0.3, 0.4) is 0 Å². The summed E-state index contributed by atoms with van der Waals surface area (Å²) in [7, 11) is 1.90. The third kappa shape index (κ3) is 2.30. The molecule has 3 N–H and O–H groups in total. The van der Waals surface area contributed by atoms with Crippen molar-refractivity contribution in [2.45, 2.75) is 24.9 Å². The van der Waals surface area contributed by atoms with E-state index in [0.29, 0.717) is 6.42 Å². The predicted octanol–water partition coefficient (Wildman–Crippen LogP) is 0.120. The van der Waals surface area contributed by atoms with Crippen molar-refractivity contribution in [3.63, 3.8) is 0 Å². The van der Waals surface area contributed by atoms with Crippen molar-refractivity contribution in [1.82, 2.24) is 14.9 Å². The fourth-order valence-corrected chi connectivity index (χ4v) is 1.75. The predicted molar refractivity (Wildman–Crippen MR) is 58.5 cm³/mol. The number of nitrogens with one attached hydrogen (secondary N) is 1. The summed E-state index contributed by atoms with van der Waals surface area (Å²) in [4.78, 5) is 15.4. The average molecular weight is 231 g/mol. The average Bonchev–Trinajstić information content (AvgIpc) is 2.56. The number of hydrogen-bond acceptors (Lipinski definition) is 3. The van der Waals surface area contributed by atoms with Crippen LogP contribution in [0.2, 0.25) is 0 Å². The van der Waals surface area contributed by atoms with Crippen LogP contribution in [0.25, 0.3) is 0 Å². The van der Waals surface area contributed by atoms with E-state index in [-0.39, 0.29) is 30.4 Å². The normalized spacial score (nSPS) is 25.6. The Morgan fingerprint density at radius 3 is 3.00 bits per heavy atom. The van der Waals surface area contributed by atoms with E-state index in [1.165, 1.54) is 0 Å². The lowest BCUT2D eigenvalue weighted by Crippen LogP contribution is -2.46. The number of carbonyl (C=O) groups excluding carboxylic acids is 1. The van der Waals surface area contributed by atoms with Crippen LogP contribution in [0.15, 0.2) is 12.4 Å². The van der Waals surface area contributed by atoms with Gasteiger partial charge in [0.1, 0.15) is 11.9 Å². The summed E-state index contributed by atoms with van der Waals surface area (Å²) in [5.41, 5.74) is 5.93. The molecule has 6 heteroatoms. The van der Waals surface area contributed by atoms with E-state index in [1.807, 2.05) is 17.8 Å². The molecule has 0 spiro atoms. The van der Waals surface area contributed by atoms with Crippen LogP contribution < -0.4 is 11.1 Å². The zero-order valence-electron chi connectivity index (χ0n) is 8.51. The Morgan fingerprint density at radius 2 is 2.40 bits per heavy atom. The molecule has 0 bridgehead atoms. The van der Waals surface area contributed by atoms with Gasteiger partial charge in [-0.2, -0.15) is 0 Å². The van der Waals surface area contributed by atoms with Gasteiger partial charge in [0.2, 0.25) is 5.91 Å². The second kappa shape index (κ2) is 4.63. The molecule has 1 aromatic rings. The number of amides is 1. The van der Waals surface area contributed by atoms with Crippen molar-refractivity contribution < 1.29 is 4.79 Å². The Bertz CT molecular complexity index is 352. The second-order valence-electron chi connectivity index (χ2n) is 3.64. The minimum atomic E-state index is -0.142. The van der Waals surface area contributed by atoms with Gasteiger partial charge in [-0.25, -0.2) is 4.98 Å². The summed E-state index contributed by atoms with van der Waals surface area (Å²) in [6.45, 7) is 0. The molecule has 1 amide bonds. The highest BCUT2D eigenvalue weighted by Gasteiger charge is 2.29. The number of hydrogen-bond donors (Lipinski definition) is 2. The van der Waals surface area contributed by atoms with E-state index in [9.17, 15) is 4.79 Å². The summed E-state index contributed by atoms with van der Waals surface area (Å²) in [5, 5.41) is 2.86. The maximum absolute atomic E-state index is 11.2. The zero-order chi connectivity index (χ0) is 10.1. The molecule has 1 saturated heterocycles. The Hall–Kier alpha value is -1.07. The van der Waals surface area contributed by atoms with Gasteiger partial charge in [0.05, 0.1) is 0 Å².